The predicted molar refractivity (Wildman–Crippen MR) is 61.2 cm³/mol. The summed E-state index contributed by atoms with van der Waals surface area (Å²) in [7, 11) is 0. The Balaban J connectivity index is 3.32. The van der Waals surface area contributed by atoms with E-state index < -0.39 is 52.5 Å². The van der Waals surface area contributed by atoms with Crippen molar-refractivity contribution in [1.29, 1.82) is 0 Å². The number of hydrogen-bond acceptors (Lipinski definition) is 1. The van der Waals surface area contributed by atoms with Gasteiger partial charge in [0.15, 0.2) is 23.3 Å². The highest BCUT2D eigenvalue weighted by molar-refractivity contribution is 5.74. The summed E-state index contributed by atoms with van der Waals surface area (Å²) in [5, 5.41) is 8.87. The van der Waals surface area contributed by atoms with Gasteiger partial charge in [-0.1, -0.05) is 26.0 Å². The molecular formula is C13H11F5O2. The molecule has 1 atom stereocenters. The second-order valence-electron chi connectivity index (χ2n) is 4.45. The first-order valence-corrected chi connectivity index (χ1v) is 5.60. The zero-order valence-electron chi connectivity index (χ0n) is 10.6. The van der Waals surface area contributed by atoms with Gasteiger partial charge in [-0.2, -0.15) is 0 Å². The molecule has 0 aliphatic heterocycles. The minimum atomic E-state index is -2.25. The first kappa shape index (κ1) is 16.1. The van der Waals surface area contributed by atoms with E-state index in [4.69, 9.17) is 5.11 Å². The molecule has 1 unspecified atom stereocenters. The molecule has 0 aromatic heterocycles. The molecule has 110 valence electrons. The third-order valence-corrected chi connectivity index (χ3v) is 2.72. The van der Waals surface area contributed by atoms with Crippen molar-refractivity contribution in [3.8, 4) is 0 Å². The highest BCUT2D eigenvalue weighted by atomic mass is 19.2. The first-order valence-electron chi connectivity index (χ1n) is 5.60. The van der Waals surface area contributed by atoms with Crippen molar-refractivity contribution in [3.63, 3.8) is 0 Å². The Hall–Kier alpha value is -1.92. The maximum absolute atomic E-state index is 13.3. The fourth-order valence-electron chi connectivity index (χ4n) is 1.56. The van der Waals surface area contributed by atoms with Crippen molar-refractivity contribution in [2.75, 3.05) is 0 Å². The van der Waals surface area contributed by atoms with Crippen LogP contribution in [-0.4, -0.2) is 11.1 Å². The number of carbonyl (C=O) groups is 1. The molecule has 0 saturated heterocycles. The molecule has 1 N–H and O–H groups in total. The number of halogens is 5. The Morgan fingerprint density at radius 2 is 1.35 bits per heavy atom. The molecular weight excluding hydrogens is 283 g/mol. The van der Waals surface area contributed by atoms with Gasteiger partial charge < -0.3 is 5.11 Å². The molecule has 0 heterocycles. The van der Waals surface area contributed by atoms with Gasteiger partial charge in [-0.3, -0.25) is 4.79 Å². The van der Waals surface area contributed by atoms with E-state index in [1.165, 1.54) is 0 Å². The quantitative estimate of drug-likeness (QED) is 0.521. The summed E-state index contributed by atoms with van der Waals surface area (Å²) in [6.07, 6.45) is 1.49. The van der Waals surface area contributed by atoms with Crippen LogP contribution in [0.25, 0.3) is 6.08 Å². The van der Waals surface area contributed by atoms with Gasteiger partial charge in [-0.25, -0.2) is 22.0 Å². The number of carboxylic acids is 1. The molecule has 7 heteroatoms. The zero-order chi connectivity index (χ0) is 15.6. The van der Waals surface area contributed by atoms with Gasteiger partial charge >= 0.3 is 5.97 Å². The maximum atomic E-state index is 13.3. The van der Waals surface area contributed by atoms with E-state index in [0.717, 1.165) is 6.08 Å². The molecule has 20 heavy (non-hydrogen) atoms. The summed E-state index contributed by atoms with van der Waals surface area (Å²) >= 11 is 0. The van der Waals surface area contributed by atoms with Crippen molar-refractivity contribution >= 4 is 12.0 Å². The van der Waals surface area contributed by atoms with Crippen molar-refractivity contribution in [2.45, 2.75) is 13.8 Å². The van der Waals surface area contributed by atoms with Crippen LogP contribution in [0.5, 0.6) is 0 Å². The van der Waals surface area contributed by atoms with Gasteiger partial charge in [0.1, 0.15) is 0 Å². The number of hydrogen-bond donors (Lipinski definition) is 1. The minimum absolute atomic E-state index is 0.412. The van der Waals surface area contributed by atoms with Gasteiger partial charge in [0.05, 0.1) is 11.5 Å². The first-order chi connectivity index (χ1) is 9.18. The van der Waals surface area contributed by atoms with Crippen LogP contribution in [-0.2, 0) is 4.79 Å². The van der Waals surface area contributed by atoms with E-state index in [1.54, 1.807) is 13.8 Å². The van der Waals surface area contributed by atoms with Crippen LogP contribution in [0.1, 0.15) is 19.4 Å². The van der Waals surface area contributed by atoms with Crippen LogP contribution in [0.4, 0.5) is 22.0 Å². The van der Waals surface area contributed by atoms with E-state index >= 15 is 0 Å². The van der Waals surface area contributed by atoms with Crippen LogP contribution < -0.4 is 0 Å². The highest BCUT2D eigenvalue weighted by Gasteiger charge is 2.25. The lowest BCUT2D eigenvalue weighted by atomic mass is 9.95. The number of benzene rings is 1. The largest absolute Gasteiger partial charge is 0.481 e. The van der Waals surface area contributed by atoms with E-state index in [1.807, 2.05) is 0 Å². The summed E-state index contributed by atoms with van der Waals surface area (Å²) in [4.78, 5) is 10.9. The summed E-state index contributed by atoms with van der Waals surface area (Å²) in [5.74, 6) is -13.2. The Morgan fingerprint density at radius 3 is 1.70 bits per heavy atom. The van der Waals surface area contributed by atoms with Crippen molar-refractivity contribution < 1.29 is 31.9 Å². The molecule has 2 nitrogen and oxygen atoms in total. The maximum Gasteiger partial charge on any atom is 0.310 e. The van der Waals surface area contributed by atoms with Crippen molar-refractivity contribution in [1.82, 2.24) is 0 Å². The van der Waals surface area contributed by atoms with Gasteiger partial charge in [-0.15, -0.1) is 0 Å². The Bertz CT molecular complexity index is 537. The van der Waals surface area contributed by atoms with Gasteiger partial charge in [0, 0.05) is 0 Å². The van der Waals surface area contributed by atoms with Crippen LogP contribution in [0.2, 0.25) is 0 Å². The second-order valence-corrected chi connectivity index (χ2v) is 4.45. The Kier molecular flexibility index (Phi) is 4.86. The van der Waals surface area contributed by atoms with Gasteiger partial charge in [0.2, 0.25) is 5.82 Å². The SMILES string of the molecule is CC(C)C(C=Cc1c(F)c(F)c(F)c(F)c1F)C(=O)O. The van der Waals surface area contributed by atoms with Gasteiger partial charge in [0.25, 0.3) is 0 Å². The van der Waals surface area contributed by atoms with Crippen molar-refractivity contribution in [2.24, 2.45) is 11.8 Å². The number of carboxylic acid groups (broad SMARTS) is 1. The lowest BCUT2D eigenvalue weighted by Gasteiger charge is -2.11. The van der Waals surface area contributed by atoms with E-state index in [9.17, 15) is 26.7 Å². The molecule has 0 aliphatic rings. The monoisotopic (exact) mass is 294 g/mol. The van der Waals surface area contributed by atoms with E-state index in [2.05, 4.69) is 0 Å². The molecule has 1 aromatic carbocycles. The summed E-state index contributed by atoms with van der Waals surface area (Å²) in [6, 6.07) is 0. The molecule has 0 aliphatic carbocycles. The standard InChI is InChI=1S/C13H11F5O2/c1-5(2)6(13(19)20)3-4-7-8(14)10(16)12(18)11(17)9(7)15/h3-6H,1-2H3,(H,19,20). The molecule has 0 fully saturated rings. The van der Waals surface area contributed by atoms with E-state index in [-0.39, 0.29) is 0 Å². The van der Waals surface area contributed by atoms with Crippen LogP contribution in [0.3, 0.4) is 0 Å². The smallest absolute Gasteiger partial charge is 0.310 e. The normalized spacial score (nSPS) is 13.2. The Morgan fingerprint density at radius 1 is 0.950 bits per heavy atom. The third kappa shape index (κ3) is 2.97. The van der Waals surface area contributed by atoms with Crippen LogP contribution in [0.15, 0.2) is 6.08 Å². The molecule has 0 spiro atoms. The molecule has 1 aromatic rings. The Labute approximate surface area is 111 Å². The summed E-state index contributed by atoms with van der Waals surface area (Å²) in [5.41, 5.74) is -1.16. The number of aliphatic carboxylic acids is 1. The van der Waals surface area contributed by atoms with Crippen LogP contribution >= 0.6 is 0 Å². The fourth-order valence-corrected chi connectivity index (χ4v) is 1.56. The van der Waals surface area contributed by atoms with Crippen molar-refractivity contribution in [3.05, 3.63) is 40.7 Å². The topological polar surface area (TPSA) is 37.3 Å². The average Bonchev–Trinajstić information content (AvgIpc) is 2.37. The lowest BCUT2D eigenvalue weighted by Crippen LogP contribution is -2.17. The van der Waals surface area contributed by atoms with Crippen LogP contribution in [0, 0.1) is 40.9 Å². The molecule has 1 rings (SSSR count). The molecule has 0 amide bonds. The molecule has 0 saturated carbocycles. The van der Waals surface area contributed by atoms with Gasteiger partial charge in [-0.05, 0) is 5.92 Å². The predicted octanol–water partition coefficient (Wildman–Crippen LogP) is 3.75. The summed E-state index contributed by atoms with van der Waals surface area (Å²) < 4.78 is 65.3. The second kappa shape index (κ2) is 6.02. The fraction of sp³-hybridized carbons (Fsp3) is 0.308. The third-order valence-electron chi connectivity index (χ3n) is 2.72. The molecule has 0 bridgehead atoms. The highest BCUT2D eigenvalue weighted by Crippen LogP contribution is 2.25. The average molecular weight is 294 g/mol. The van der Waals surface area contributed by atoms with E-state index in [0.29, 0.717) is 6.08 Å². The minimum Gasteiger partial charge on any atom is -0.481 e. The molecule has 0 radical (unpaired) electrons. The number of rotatable bonds is 4. The zero-order valence-corrected chi connectivity index (χ0v) is 10.6. The lowest BCUT2D eigenvalue weighted by molar-refractivity contribution is -0.141. The summed E-state index contributed by atoms with van der Waals surface area (Å²) in [6.45, 7) is 3.09.